The molecule has 0 aliphatic heterocycles. The summed E-state index contributed by atoms with van der Waals surface area (Å²) < 4.78 is 0. The van der Waals surface area contributed by atoms with Crippen molar-refractivity contribution in [2.24, 2.45) is 32.9 Å². The van der Waals surface area contributed by atoms with Crippen LogP contribution in [0.25, 0.3) is 0 Å². The van der Waals surface area contributed by atoms with Gasteiger partial charge in [-0.05, 0) is 0 Å². The van der Waals surface area contributed by atoms with Crippen LogP contribution < -0.4 is 33.1 Å². The van der Waals surface area contributed by atoms with Crippen LogP contribution in [0.1, 0.15) is 0 Å². The number of carbonyl (C=O) groups excluding carboxylic acids is 2. The van der Waals surface area contributed by atoms with Crippen LogP contribution in [-0.2, 0) is 26.7 Å². The molecular weight excluding hydrogens is 284 g/mol. The summed E-state index contributed by atoms with van der Waals surface area (Å²) in [6.07, 6.45) is 0. The number of aliphatic carboxylic acids is 2. The molecule has 0 unspecified atom stereocenters. The van der Waals surface area contributed by atoms with E-state index in [0.717, 1.165) is 0 Å². The van der Waals surface area contributed by atoms with Gasteiger partial charge >= 0.3 is 17.1 Å². The number of carboxylic acids is 2. The summed E-state index contributed by atoms with van der Waals surface area (Å²) in [5.41, 5.74) is 19.1. The maximum atomic E-state index is 9.57. The molecule has 0 rings (SSSR count). The molecule has 11 heteroatoms. The Morgan fingerprint density at radius 1 is 0.824 bits per heavy atom. The smallest absolute Gasteiger partial charge is 0.548 e. The van der Waals surface area contributed by atoms with Crippen LogP contribution in [0.3, 0.4) is 0 Å². The first kappa shape index (κ1) is 20.4. The van der Waals surface area contributed by atoms with Gasteiger partial charge < -0.3 is 42.7 Å². The van der Waals surface area contributed by atoms with E-state index >= 15 is 0 Å². The molecule has 0 bridgehead atoms. The van der Waals surface area contributed by atoms with Crippen LogP contribution in [0.4, 0.5) is 0 Å². The maximum absolute atomic E-state index is 9.57. The van der Waals surface area contributed by atoms with Gasteiger partial charge in [0.2, 0.25) is 0 Å². The molecule has 0 saturated heterocycles. The van der Waals surface area contributed by atoms with Gasteiger partial charge in [0.15, 0.2) is 11.9 Å². The molecule has 8 N–H and O–H groups in total. The summed E-state index contributed by atoms with van der Waals surface area (Å²) in [4.78, 5) is 25.4. The van der Waals surface area contributed by atoms with Crippen LogP contribution in [0.15, 0.2) is 9.98 Å². The average Bonchev–Trinajstić information content (AvgIpc) is 2.12. The number of carbonyl (C=O) groups is 2. The number of hydrogen-bond donors (Lipinski definition) is 4. The molecule has 0 aromatic carbocycles. The zero-order valence-corrected chi connectivity index (χ0v) is 9.49. The zero-order valence-electron chi connectivity index (χ0n) is 8.55. The fourth-order valence-corrected chi connectivity index (χ4v) is 0.312. The fourth-order valence-electron chi connectivity index (χ4n) is 0.312. The van der Waals surface area contributed by atoms with Crippen molar-refractivity contribution < 1.29 is 36.9 Å². The average molecular weight is 296 g/mol. The van der Waals surface area contributed by atoms with Crippen molar-refractivity contribution in [3.8, 4) is 0 Å². The number of nitrogens with two attached hydrogens (primary N) is 4. The Morgan fingerprint density at radius 3 is 1.12 bits per heavy atom. The van der Waals surface area contributed by atoms with Gasteiger partial charge in [-0.3, -0.25) is 0 Å². The van der Waals surface area contributed by atoms with Crippen molar-refractivity contribution in [1.82, 2.24) is 0 Å². The van der Waals surface area contributed by atoms with E-state index < -0.39 is 25.0 Å². The third-order valence-corrected chi connectivity index (χ3v) is 0.781. The molecule has 0 spiro atoms. The monoisotopic (exact) mass is 295 g/mol. The quantitative estimate of drug-likeness (QED) is 0.222. The molecule has 0 aromatic rings. The maximum Gasteiger partial charge on any atom is 2.00 e. The van der Waals surface area contributed by atoms with Crippen LogP contribution in [-0.4, -0.2) is 36.9 Å². The van der Waals surface area contributed by atoms with Gasteiger partial charge in [-0.1, -0.05) is 0 Å². The molecule has 0 heterocycles. The van der Waals surface area contributed by atoms with Gasteiger partial charge in [0.1, 0.15) is 0 Å². The fraction of sp³-hybridized carbons (Fsp3) is 0.333. The van der Waals surface area contributed by atoms with Crippen molar-refractivity contribution in [2.45, 2.75) is 0 Å². The van der Waals surface area contributed by atoms with Crippen LogP contribution in [0, 0.1) is 0 Å². The Balaban J connectivity index is -0.000000218. The number of aliphatic imine (C=N–C) groups is 2. The minimum atomic E-state index is -1.29. The zero-order chi connectivity index (χ0) is 13.1. The summed E-state index contributed by atoms with van der Waals surface area (Å²) in [5.74, 6) is -3.07. The molecule has 0 amide bonds. The predicted molar refractivity (Wildman–Crippen MR) is 51.4 cm³/mol. The Bertz CT molecular complexity index is 267. The molecule has 0 fully saturated rings. The molecule has 0 aliphatic carbocycles. The Hall–Kier alpha value is -2.00. The predicted octanol–water partition coefficient (Wildman–Crippen LogP) is -5.98. The van der Waals surface area contributed by atoms with Crippen molar-refractivity contribution in [3.63, 3.8) is 0 Å². The van der Waals surface area contributed by atoms with Gasteiger partial charge in [0, 0.05) is 0 Å². The largest absolute Gasteiger partial charge is 2.00 e. The van der Waals surface area contributed by atoms with E-state index in [4.69, 9.17) is 22.9 Å². The summed E-state index contributed by atoms with van der Waals surface area (Å²) in [7, 11) is 0. The Kier molecular flexibility index (Phi) is 14.5. The molecule has 17 heavy (non-hydrogen) atoms. The molecule has 1 radical (unpaired) electrons. The van der Waals surface area contributed by atoms with E-state index in [2.05, 4.69) is 9.98 Å². The summed E-state index contributed by atoms with van der Waals surface area (Å²) in [6, 6.07) is 0. The van der Waals surface area contributed by atoms with Crippen molar-refractivity contribution in [2.75, 3.05) is 13.1 Å². The van der Waals surface area contributed by atoms with Crippen LogP contribution in [0.5, 0.6) is 0 Å². The second kappa shape index (κ2) is 12.1. The standard InChI is InChI=1S/2C3H7N3O2.Cu/c2*4-3(5)6-1-2(7)8;/h2*1H2,(H,7,8)(H4,4,5,6);/q;;+2/p-2. The minimum Gasteiger partial charge on any atom is -0.548 e. The van der Waals surface area contributed by atoms with Gasteiger partial charge in [-0.2, -0.15) is 0 Å². The van der Waals surface area contributed by atoms with E-state index in [0.29, 0.717) is 0 Å². The van der Waals surface area contributed by atoms with Crippen molar-refractivity contribution in [1.29, 1.82) is 0 Å². The van der Waals surface area contributed by atoms with Gasteiger partial charge in [-0.25, -0.2) is 9.98 Å². The number of rotatable bonds is 4. The molecular formula is C6H12CuN6O4. The Morgan fingerprint density at radius 2 is 1.06 bits per heavy atom. The molecule has 0 saturated carbocycles. The van der Waals surface area contributed by atoms with Crippen molar-refractivity contribution >= 4 is 23.9 Å². The van der Waals surface area contributed by atoms with E-state index in [1.54, 1.807) is 0 Å². The minimum absolute atomic E-state index is 0. The van der Waals surface area contributed by atoms with Gasteiger partial charge in [0.05, 0.1) is 25.0 Å². The number of carboxylic acid groups (broad SMARTS) is 2. The van der Waals surface area contributed by atoms with Crippen LogP contribution in [0.2, 0.25) is 0 Å². The summed E-state index contributed by atoms with van der Waals surface area (Å²) >= 11 is 0. The summed E-state index contributed by atoms with van der Waals surface area (Å²) in [5, 5.41) is 19.1. The van der Waals surface area contributed by atoms with Gasteiger partial charge in [-0.15, -0.1) is 0 Å². The third kappa shape index (κ3) is 31.5. The molecule has 0 aromatic heterocycles. The first-order chi connectivity index (χ1) is 7.25. The van der Waals surface area contributed by atoms with Crippen LogP contribution >= 0.6 is 0 Å². The number of nitrogens with zero attached hydrogens (tertiary/aromatic N) is 2. The first-order valence-corrected chi connectivity index (χ1v) is 3.76. The Labute approximate surface area is 107 Å². The van der Waals surface area contributed by atoms with Gasteiger partial charge in [0.25, 0.3) is 0 Å². The molecule has 0 aliphatic rings. The second-order valence-corrected chi connectivity index (χ2v) is 2.23. The number of hydrogen-bond acceptors (Lipinski definition) is 6. The van der Waals surface area contributed by atoms with E-state index in [1.807, 2.05) is 0 Å². The molecule has 0 atom stereocenters. The van der Waals surface area contributed by atoms with E-state index in [-0.39, 0.29) is 29.0 Å². The van der Waals surface area contributed by atoms with E-state index in [1.165, 1.54) is 0 Å². The van der Waals surface area contributed by atoms with E-state index in [9.17, 15) is 19.8 Å². The third-order valence-electron chi connectivity index (χ3n) is 0.781. The first-order valence-electron chi connectivity index (χ1n) is 3.76. The normalized spacial score (nSPS) is 7.53. The SMILES string of the molecule is NC(N)=NCC(=O)[O-].NC(N)=NCC(=O)[O-].[Cu+2]. The second-order valence-electron chi connectivity index (χ2n) is 2.23. The van der Waals surface area contributed by atoms with Crippen molar-refractivity contribution in [3.05, 3.63) is 0 Å². The topological polar surface area (TPSA) is 209 Å². The number of guanidine groups is 2. The summed E-state index contributed by atoms with van der Waals surface area (Å²) in [6.45, 7) is -0.940. The molecule has 101 valence electrons. The molecule has 10 nitrogen and oxygen atoms in total.